The first kappa shape index (κ1) is 20.8. The van der Waals surface area contributed by atoms with E-state index >= 15 is 0 Å². The number of phenolic OH excluding ortho intramolecular Hbond substituents is 1. The van der Waals surface area contributed by atoms with Crippen molar-refractivity contribution >= 4 is 47.7 Å². The Morgan fingerprint density at radius 2 is 1.96 bits per heavy atom. The van der Waals surface area contributed by atoms with Crippen LogP contribution in [-0.2, 0) is 23.5 Å². The van der Waals surface area contributed by atoms with Gasteiger partial charge in [0.2, 0.25) is 0 Å². The van der Waals surface area contributed by atoms with Crippen molar-refractivity contribution in [2.75, 3.05) is 5.32 Å². The molecule has 2 aromatic carbocycles. The van der Waals surface area contributed by atoms with E-state index in [4.69, 9.17) is 15.3 Å². The summed E-state index contributed by atoms with van der Waals surface area (Å²) in [5.41, 5.74) is 0.688. The number of anilines is 1. The fraction of sp³-hybridized carbons (Fsp3) is 0.111. The Hall–Kier alpha value is -2.47. The van der Waals surface area contributed by atoms with Crippen LogP contribution in [0.15, 0.2) is 54.6 Å². The molecule has 9 heteroatoms. The van der Waals surface area contributed by atoms with Gasteiger partial charge in [-0.15, -0.1) is 0 Å². The molecule has 0 bridgehead atoms. The molecule has 0 radical (unpaired) electrons. The molecule has 0 saturated carbocycles. The summed E-state index contributed by atoms with van der Waals surface area (Å²) in [5, 5.41) is 12.4. The average molecular weight is 454 g/mol. The number of benzene rings is 2. The molecule has 0 aromatic heterocycles. The Bertz CT molecular complexity index is 943. The third kappa shape index (κ3) is 6.03. The minimum absolute atomic E-state index is 0.0969. The van der Waals surface area contributed by atoms with E-state index < -0.39 is 26.0 Å². The second-order valence-corrected chi connectivity index (χ2v) is 9.50. The van der Waals surface area contributed by atoms with Gasteiger partial charge in [0.15, 0.2) is 0 Å². The van der Waals surface area contributed by atoms with E-state index in [9.17, 15) is 22.5 Å². The number of nitrogens with one attached hydrogen (secondary N) is 1. The van der Waals surface area contributed by atoms with Gasteiger partial charge in [-0.2, -0.15) is 0 Å². The van der Waals surface area contributed by atoms with Crippen molar-refractivity contribution in [3.63, 3.8) is 0 Å². The van der Waals surface area contributed by atoms with Crippen molar-refractivity contribution in [2.45, 2.75) is 13.3 Å². The summed E-state index contributed by atoms with van der Waals surface area (Å²) in [6, 6.07) is 10.5. The van der Waals surface area contributed by atoms with Gasteiger partial charge >= 0.3 is 164 Å². The summed E-state index contributed by atoms with van der Waals surface area (Å²) in [7, 11) is 0. The number of hydrogen-bond donors (Lipinski definition) is 3. The second-order valence-electron chi connectivity index (χ2n) is 5.51. The fourth-order valence-corrected chi connectivity index (χ4v) is 4.71. The number of phenols is 1. The molecular formula is C18H17AsClNO6. The van der Waals surface area contributed by atoms with Gasteiger partial charge in [0.25, 0.3) is 0 Å². The van der Waals surface area contributed by atoms with E-state index in [0.717, 1.165) is 29.8 Å². The molecule has 0 aliphatic rings. The van der Waals surface area contributed by atoms with Crippen molar-refractivity contribution in [3.8, 4) is 5.75 Å². The summed E-state index contributed by atoms with van der Waals surface area (Å²) in [4.78, 5) is 23.2. The van der Waals surface area contributed by atoms with Gasteiger partial charge in [-0.3, -0.25) is 0 Å². The van der Waals surface area contributed by atoms with Crippen LogP contribution >= 0.6 is 11.6 Å². The molecule has 0 saturated heterocycles. The van der Waals surface area contributed by atoms with Gasteiger partial charge in [-0.05, 0) is 0 Å². The first-order valence-electron chi connectivity index (χ1n) is 7.76. The number of hydrogen-bond acceptors (Lipinski definition) is 5. The summed E-state index contributed by atoms with van der Waals surface area (Å²) in [6.07, 6.45) is 2.84. The number of carbonyl (C=O) groups excluding carboxylic acids is 2. The second kappa shape index (κ2) is 8.95. The van der Waals surface area contributed by atoms with Gasteiger partial charge in [-0.25, -0.2) is 0 Å². The first-order valence-corrected chi connectivity index (χ1v) is 11.5. The quantitative estimate of drug-likeness (QED) is 0.455. The van der Waals surface area contributed by atoms with Crippen LogP contribution in [0.4, 0.5) is 5.69 Å². The monoisotopic (exact) mass is 453 g/mol. The van der Waals surface area contributed by atoms with Crippen LogP contribution in [0.1, 0.15) is 12.5 Å². The Morgan fingerprint density at radius 3 is 2.63 bits per heavy atom. The molecule has 0 aliphatic carbocycles. The molecule has 0 spiro atoms. The van der Waals surface area contributed by atoms with Crippen molar-refractivity contribution in [1.29, 1.82) is 0 Å². The van der Waals surface area contributed by atoms with E-state index in [0.29, 0.717) is 11.4 Å². The Labute approximate surface area is 163 Å². The van der Waals surface area contributed by atoms with Crippen molar-refractivity contribution in [2.24, 2.45) is 0 Å². The van der Waals surface area contributed by atoms with Gasteiger partial charge in [0.1, 0.15) is 0 Å². The normalized spacial score (nSPS) is 13.1. The molecule has 2 aromatic rings. The Morgan fingerprint density at radius 1 is 1.26 bits per heavy atom. The minimum atomic E-state index is -5.31. The topological polar surface area (TPSA) is 113 Å². The zero-order valence-corrected chi connectivity index (χ0v) is 16.9. The molecule has 7 nitrogen and oxygen atoms in total. The number of carbonyl (C=O) groups is 2. The number of rotatable bonds is 6. The average Bonchev–Trinajstić information content (AvgIpc) is 2.55. The van der Waals surface area contributed by atoms with E-state index in [2.05, 4.69) is 5.32 Å². The molecule has 1 atom stereocenters. The number of halogens is 1. The molecule has 0 fully saturated rings. The Balaban J connectivity index is 2.12. The molecule has 1 amide bonds. The zero-order valence-electron chi connectivity index (χ0n) is 14.3. The molecule has 142 valence electrons. The predicted molar refractivity (Wildman–Crippen MR) is 101 cm³/mol. The summed E-state index contributed by atoms with van der Waals surface area (Å²) >= 11 is 0.699. The van der Waals surface area contributed by atoms with Crippen LogP contribution in [0, 0.1) is 0 Å². The number of allylic oxidation sites excluding steroid dienone is 1. The van der Waals surface area contributed by atoms with Gasteiger partial charge in [0.05, 0.1) is 0 Å². The molecule has 3 N–H and O–H groups in total. The maximum atomic E-state index is 12.5. The van der Waals surface area contributed by atoms with Crippen molar-refractivity contribution in [1.82, 2.24) is 0 Å². The van der Waals surface area contributed by atoms with Crippen LogP contribution in [0.3, 0.4) is 0 Å². The number of amides is 1. The van der Waals surface area contributed by atoms with Crippen LogP contribution in [0.2, 0.25) is 5.02 Å². The van der Waals surface area contributed by atoms with E-state index in [1.807, 2.05) is 0 Å². The van der Waals surface area contributed by atoms with E-state index in [1.54, 1.807) is 24.3 Å². The van der Waals surface area contributed by atoms with E-state index in [-0.39, 0.29) is 15.8 Å². The summed E-state index contributed by atoms with van der Waals surface area (Å²) < 4.78 is 27.2. The summed E-state index contributed by atoms with van der Waals surface area (Å²) in [6.45, 7) is 1.20. The first-order chi connectivity index (χ1) is 12.7. The predicted octanol–water partition coefficient (Wildman–Crippen LogP) is 1.91. The van der Waals surface area contributed by atoms with E-state index in [1.165, 1.54) is 13.0 Å². The zero-order chi connectivity index (χ0) is 20.0. The van der Waals surface area contributed by atoms with Crippen LogP contribution < -0.4 is 9.67 Å². The molecule has 1 unspecified atom stereocenters. The van der Waals surface area contributed by atoms with Crippen molar-refractivity contribution in [3.05, 3.63) is 65.2 Å². The maximum absolute atomic E-state index is 12.5. The molecule has 2 rings (SSSR count). The molecular weight excluding hydrogens is 437 g/mol. The SMILES string of the molecule is CC(=O)Nc1cc(O)ccc1[As](=O)(O)OC(=O)C=CCc1ccccc1Cl. The fourth-order valence-electron chi connectivity index (χ4n) is 2.21. The van der Waals surface area contributed by atoms with Gasteiger partial charge in [-0.1, -0.05) is 0 Å². The standard InChI is InChI=1S/C18H17AsClNO6/c1-12(22)21-17-11-14(23)9-10-15(17)19(25,26)27-18(24)8-4-6-13-5-2-3-7-16(13)20/h2-5,7-11,23H,6H2,1H3,(H,21,22)(H,25,26). The van der Waals surface area contributed by atoms with Crippen molar-refractivity contribution < 1.29 is 26.3 Å². The molecule has 27 heavy (non-hydrogen) atoms. The third-order valence-electron chi connectivity index (χ3n) is 3.36. The van der Waals surface area contributed by atoms with Crippen LogP contribution in [-0.4, -0.2) is 35.3 Å². The molecule has 0 aliphatic heterocycles. The van der Waals surface area contributed by atoms with Gasteiger partial charge in [0, 0.05) is 0 Å². The van der Waals surface area contributed by atoms with Crippen LogP contribution in [0.5, 0.6) is 5.75 Å². The third-order valence-corrected chi connectivity index (χ3v) is 6.72. The number of aromatic hydroxyl groups is 1. The Kier molecular flexibility index (Phi) is 6.91. The van der Waals surface area contributed by atoms with Crippen LogP contribution in [0.25, 0.3) is 0 Å². The van der Waals surface area contributed by atoms with Gasteiger partial charge < -0.3 is 0 Å². The summed E-state index contributed by atoms with van der Waals surface area (Å²) in [5.74, 6) is -1.74. The molecule has 0 heterocycles.